The van der Waals surface area contributed by atoms with Crippen LogP contribution in [0.5, 0.6) is 11.5 Å². The number of rotatable bonds is 0. The SMILES string of the molecule is Fc1ccc2c(c1)Oc1cc(F)cc(Cl)c1C=N2. The van der Waals surface area contributed by atoms with E-state index in [0.717, 1.165) is 0 Å². The summed E-state index contributed by atoms with van der Waals surface area (Å²) < 4.78 is 31.8. The van der Waals surface area contributed by atoms with Crippen LogP contribution < -0.4 is 4.74 Å². The van der Waals surface area contributed by atoms with Crippen molar-refractivity contribution in [1.29, 1.82) is 0 Å². The smallest absolute Gasteiger partial charge is 0.155 e. The molecule has 1 aliphatic heterocycles. The van der Waals surface area contributed by atoms with Gasteiger partial charge < -0.3 is 4.74 Å². The van der Waals surface area contributed by atoms with Gasteiger partial charge in [0.15, 0.2) is 5.75 Å². The second kappa shape index (κ2) is 4.07. The fraction of sp³-hybridized carbons (Fsp3) is 0. The topological polar surface area (TPSA) is 21.6 Å². The number of halogens is 3. The standard InChI is InChI=1S/C13H6ClF2NO/c14-10-3-8(16)5-12-9(10)6-17-11-2-1-7(15)4-13(11)18-12/h1-6H. The van der Waals surface area contributed by atoms with Gasteiger partial charge in [0.2, 0.25) is 0 Å². The van der Waals surface area contributed by atoms with E-state index in [0.29, 0.717) is 11.3 Å². The molecule has 5 heteroatoms. The molecule has 1 aliphatic rings. The largest absolute Gasteiger partial charge is 0.454 e. The van der Waals surface area contributed by atoms with Gasteiger partial charge >= 0.3 is 0 Å². The van der Waals surface area contributed by atoms with E-state index in [9.17, 15) is 8.78 Å². The summed E-state index contributed by atoms with van der Waals surface area (Å²) in [5.74, 6) is -0.526. The number of nitrogens with zero attached hydrogens (tertiary/aromatic N) is 1. The molecule has 90 valence electrons. The second-order valence-corrected chi connectivity index (χ2v) is 4.18. The fourth-order valence-electron chi connectivity index (χ4n) is 1.70. The highest BCUT2D eigenvalue weighted by Gasteiger charge is 2.16. The maximum Gasteiger partial charge on any atom is 0.155 e. The first kappa shape index (κ1) is 11.2. The molecular weight excluding hydrogens is 260 g/mol. The molecule has 0 bridgehead atoms. The Morgan fingerprint density at radius 1 is 1.00 bits per heavy atom. The van der Waals surface area contributed by atoms with Gasteiger partial charge in [-0.2, -0.15) is 0 Å². The van der Waals surface area contributed by atoms with Gasteiger partial charge in [-0.1, -0.05) is 11.6 Å². The van der Waals surface area contributed by atoms with Crippen molar-refractivity contribution in [2.24, 2.45) is 4.99 Å². The maximum atomic E-state index is 13.3. The van der Waals surface area contributed by atoms with Crippen LogP contribution in [-0.4, -0.2) is 6.21 Å². The van der Waals surface area contributed by atoms with E-state index in [1.165, 1.54) is 36.5 Å². The van der Waals surface area contributed by atoms with Gasteiger partial charge in [0.1, 0.15) is 23.1 Å². The Bertz CT molecular complexity index is 670. The van der Waals surface area contributed by atoms with E-state index in [2.05, 4.69) is 4.99 Å². The van der Waals surface area contributed by atoms with Crippen molar-refractivity contribution >= 4 is 23.5 Å². The zero-order valence-corrected chi connectivity index (χ0v) is 9.71. The molecular formula is C13H6ClF2NO. The van der Waals surface area contributed by atoms with Crippen molar-refractivity contribution in [3.8, 4) is 11.5 Å². The molecule has 0 radical (unpaired) electrons. The van der Waals surface area contributed by atoms with Crippen LogP contribution in [0, 0.1) is 11.6 Å². The van der Waals surface area contributed by atoms with Crippen LogP contribution in [0.3, 0.4) is 0 Å². The van der Waals surface area contributed by atoms with Crippen LogP contribution in [0.4, 0.5) is 14.5 Å². The minimum absolute atomic E-state index is 0.196. The lowest BCUT2D eigenvalue weighted by atomic mass is 10.2. The van der Waals surface area contributed by atoms with Crippen molar-refractivity contribution in [1.82, 2.24) is 0 Å². The van der Waals surface area contributed by atoms with Gasteiger partial charge in [-0.3, -0.25) is 4.99 Å². The van der Waals surface area contributed by atoms with E-state index in [4.69, 9.17) is 16.3 Å². The first-order chi connectivity index (χ1) is 8.63. The Balaban J connectivity index is 2.20. The average Bonchev–Trinajstić information content (AvgIpc) is 2.47. The van der Waals surface area contributed by atoms with Gasteiger partial charge in [0, 0.05) is 18.3 Å². The third-order valence-corrected chi connectivity index (χ3v) is 2.84. The zero-order valence-electron chi connectivity index (χ0n) is 8.95. The predicted molar refractivity (Wildman–Crippen MR) is 65.1 cm³/mol. The van der Waals surface area contributed by atoms with Gasteiger partial charge in [-0.05, 0) is 18.2 Å². The van der Waals surface area contributed by atoms with Crippen molar-refractivity contribution in [2.45, 2.75) is 0 Å². The number of hydrogen-bond acceptors (Lipinski definition) is 2. The van der Waals surface area contributed by atoms with Gasteiger partial charge in [0.05, 0.1) is 10.6 Å². The van der Waals surface area contributed by atoms with E-state index >= 15 is 0 Å². The predicted octanol–water partition coefficient (Wildman–Crippen LogP) is 4.47. The second-order valence-electron chi connectivity index (χ2n) is 3.77. The van der Waals surface area contributed by atoms with Crippen LogP contribution in [0.2, 0.25) is 5.02 Å². The Labute approximate surface area is 106 Å². The highest BCUT2D eigenvalue weighted by molar-refractivity contribution is 6.33. The van der Waals surface area contributed by atoms with Crippen molar-refractivity contribution in [2.75, 3.05) is 0 Å². The summed E-state index contributed by atoms with van der Waals surface area (Å²) in [4.78, 5) is 4.14. The number of aliphatic imine (C=N–C) groups is 1. The molecule has 0 spiro atoms. The average molecular weight is 266 g/mol. The number of benzene rings is 2. The summed E-state index contributed by atoms with van der Waals surface area (Å²) in [6.45, 7) is 0. The molecule has 0 atom stereocenters. The summed E-state index contributed by atoms with van der Waals surface area (Å²) in [6, 6.07) is 6.31. The highest BCUT2D eigenvalue weighted by Crippen LogP contribution is 2.38. The Morgan fingerprint density at radius 2 is 1.78 bits per heavy atom. The van der Waals surface area contributed by atoms with Crippen LogP contribution in [-0.2, 0) is 0 Å². The first-order valence-electron chi connectivity index (χ1n) is 5.14. The lowest BCUT2D eigenvalue weighted by Crippen LogP contribution is -1.91. The molecule has 0 aromatic heterocycles. The molecule has 0 saturated carbocycles. The molecule has 0 unspecified atom stereocenters. The molecule has 0 saturated heterocycles. The quantitative estimate of drug-likeness (QED) is 0.587. The van der Waals surface area contributed by atoms with Crippen LogP contribution in [0.15, 0.2) is 35.3 Å². The minimum Gasteiger partial charge on any atom is -0.454 e. The van der Waals surface area contributed by atoms with Crippen molar-refractivity contribution in [3.05, 3.63) is 52.6 Å². The summed E-state index contributed by atoms with van der Waals surface area (Å²) in [6.07, 6.45) is 1.47. The summed E-state index contributed by atoms with van der Waals surface area (Å²) >= 11 is 5.91. The summed E-state index contributed by atoms with van der Waals surface area (Å²) in [5.41, 5.74) is 0.929. The molecule has 0 aliphatic carbocycles. The number of hydrogen-bond donors (Lipinski definition) is 0. The third-order valence-electron chi connectivity index (χ3n) is 2.53. The molecule has 0 amide bonds. The van der Waals surface area contributed by atoms with Crippen molar-refractivity contribution in [3.63, 3.8) is 0 Å². The minimum atomic E-state index is -0.521. The molecule has 0 N–H and O–H groups in total. The Hall–Kier alpha value is -1.94. The molecule has 18 heavy (non-hydrogen) atoms. The maximum absolute atomic E-state index is 13.3. The first-order valence-corrected chi connectivity index (χ1v) is 5.52. The summed E-state index contributed by atoms with van der Waals surface area (Å²) in [7, 11) is 0. The zero-order chi connectivity index (χ0) is 12.7. The molecule has 2 aromatic carbocycles. The highest BCUT2D eigenvalue weighted by atomic mass is 35.5. The molecule has 1 heterocycles. The van der Waals surface area contributed by atoms with Gasteiger partial charge in [-0.25, -0.2) is 8.78 Å². The Kier molecular flexibility index (Phi) is 2.52. The van der Waals surface area contributed by atoms with Crippen LogP contribution in [0.25, 0.3) is 0 Å². The van der Waals surface area contributed by atoms with E-state index in [1.54, 1.807) is 0 Å². The van der Waals surface area contributed by atoms with Crippen molar-refractivity contribution < 1.29 is 13.5 Å². The molecule has 0 fully saturated rings. The monoisotopic (exact) mass is 265 g/mol. The van der Waals surface area contributed by atoms with E-state index in [1.807, 2.05) is 0 Å². The molecule has 3 rings (SSSR count). The number of ether oxygens (including phenoxy) is 1. The molecule has 2 nitrogen and oxygen atoms in total. The van der Waals surface area contributed by atoms with Crippen LogP contribution >= 0.6 is 11.6 Å². The van der Waals surface area contributed by atoms with E-state index in [-0.39, 0.29) is 16.5 Å². The number of fused-ring (bicyclic) bond motifs is 2. The Morgan fingerprint density at radius 3 is 2.61 bits per heavy atom. The van der Waals surface area contributed by atoms with E-state index < -0.39 is 11.6 Å². The third kappa shape index (κ3) is 1.84. The normalized spacial score (nSPS) is 12.4. The fourth-order valence-corrected chi connectivity index (χ4v) is 1.95. The van der Waals surface area contributed by atoms with Gasteiger partial charge in [0.25, 0.3) is 0 Å². The summed E-state index contributed by atoms with van der Waals surface area (Å²) in [5, 5.41) is 0.196. The lowest BCUT2D eigenvalue weighted by molar-refractivity contribution is 0.473. The lowest BCUT2D eigenvalue weighted by Gasteiger charge is -2.08. The van der Waals surface area contributed by atoms with Gasteiger partial charge in [-0.15, -0.1) is 0 Å². The molecule has 2 aromatic rings. The van der Waals surface area contributed by atoms with Crippen LogP contribution in [0.1, 0.15) is 5.56 Å².